The van der Waals surface area contributed by atoms with Crippen molar-refractivity contribution in [3.8, 4) is 0 Å². The first kappa shape index (κ1) is 19.4. The lowest BCUT2D eigenvalue weighted by molar-refractivity contribution is 0.102. The number of benzene rings is 1. The number of aryl methyl sites for hydroxylation is 1. The van der Waals surface area contributed by atoms with E-state index in [1.54, 1.807) is 18.2 Å². The van der Waals surface area contributed by atoms with Crippen LogP contribution in [0.3, 0.4) is 0 Å². The number of aromatic nitrogens is 2. The van der Waals surface area contributed by atoms with Gasteiger partial charge >= 0.3 is 0 Å². The molecule has 0 saturated carbocycles. The molecule has 1 aromatic carbocycles. The highest BCUT2D eigenvalue weighted by Gasteiger charge is 2.14. The van der Waals surface area contributed by atoms with Gasteiger partial charge in [0.2, 0.25) is 5.95 Å². The van der Waals surface area contributed by atoms with Crippen molar-refractivity contribution >= 4 is 63.6 Å². The number of hydrogen-bond acceptors (Lipinski definition) is 6. The van der Waals surface area contributed by atoms with Gasteiger partial charge in [-0.15, -0.1) is 11.3 Å². The molecule has 2 heterocycles. The van der Waals surface area contributed by atoms with E-state index in [0.717, 1.165) is 29.3 Å². The van der Waals surface area contributed by atoms with Crippen molar-refractivity contribution in [3.05, 3.63) is 56.3 Å². The maximum atomic E-state index is 12.3. The van der Waals surface area contributed by atoms with E-state index < -0.39 is 0 Å². The third-order valence-electron chi connectivity index (χ3n) is 3.51. The minimum atomic E-state index is -0.300. The summed E-state index contributed by atoms with van der Waals surface area (Å²) in [6.07, 6.45) is 0. The van der Waals surface area contributed by atoms with E-state index in [1.165, 1.54) is 0 Å². The molecule has 0 aliphatic rings. The number of hydrogen-bond donors (Lipinski definition) is 3. The van der Waals surface area contributed by atoms with Gasteiger partial charge in [-0.25, -0.2) is 4.98 Å². The van der Waals surface area contributed by atoms with Crippen molar-refractivity contribution in [1.82, 2.24) is 9.97 Å². The van der Waals surface area contributed by atoms with Crippen LogP contribution in [-0.2, 0) is 0 Å². The van der Waals surface area contributed by atoms with Gasteiger partial charge in [-0.3, -0.25) is 4.79 Å². The molecule has 3 N–H and O–H groups in total. The first-order valence-electron chi connectivity index (χ1n) is 8.17. The van der Waals surface area contributed by atoms with E-state index in [2.05, 4.69) is 25.9 Å². The number of halogens is 2. The maximum absolute atomic E-state index is 12.3. The fraction of sp³-hybridized carbons (Fsp3) is 0.167. The molecule has 3 aromatic rings. The van der Waals surface area contributed by atoms with Crippen LogP contribution in [0.25, 0.3) is 0 Å². The summed E-state index contributed by atoms with van der Waals surface area (Å²) in [4.78, 5) is 21.0. The standard InChI is InChI=1S/C18H17Cl2N5OS/c1-3-21-18-22-10(2)8-15(25-18)23-11-4-6-12(7-5-11)24-17(26)13-9-14(19)27-16(13)20/h4-9H,3H2,1-2H3,(H,24,26)(H2,21,22,23,25). The van der Waals surface area contributed by atoms with Crippen LogP contribution in [0, 0.1) is 6.92 Å². The summed E-state index contributed by atoms with van der Waals surface area (Å²) in [5.41, 5.74) is 2.71. The Kier molecular flexibility index (Phi) is 6.15. The van der Waals surface area contributed by atoms with Crippen molar-refractivity contribution in [1.29, 1.82) is 0 Å². The maximum Gasteiger partial charge on any atom is 0.258 e. The molecule has 9 heteroatoms. The van der Waals surface area contributed by atoms with Gasteiger partial charge in [-0.2, -0.15) is 4.98 Å². The number of carbonyl (C=O) groups excluding carboxylic acids is 1. The molecular weight excluding hydrogens is 405 g/mol. The van der Waals surface area contributed by atoms with E-state index in [9.17, 15) is 4.79 Å². The minimum Gasteiger partial charge on any atom is -0.354 e. The predicted octanol–water partition coefficient (Wildman–Crippen LogP) is 5.58. The number of thiophene rings is 1. The van der Waals surface area contributed by atoms with E-state index in [4.69, 9.17) is 23.2 Å². The van der Waals surface area contributed by atoms with E-state index in [0.29, 0.717) is 31.7 Å². The summed E-state index contributed by atoms with van der Waals surface area (Å²) < 4.78 is 0.841. The summed E-state index contributed by atoms with van der Waals surface area (Å²) in [5, 5.41) is 9.13. The smallest absolute Gasteiger partial charge is 0.258 e. The number of nitrogens with zero attached hydrogens (tertiary/aromatic N) is 2. The molecule has 0 saturated heterocycles. The SMILES string of the molecule is CCNc1nc(C)cc(Nc2ccc(NC(=O)c3cc(Cl)sc3Cl)cc2)n1. The first-order chi connectivity index (χ1) is 12.9. The van der Waals surface area contributed by atoms with Crippen molar-refractivity contribution < 1.29 is 4.79 Å². The molecule has 0 aliphatic heterocycles. The molecule has 0 atom stereocenters. The summed E-state index contributed by atoms with van der Waals surface area (Å²) in [5.74, 6) is 0.968. The summed E-state index contributed by atoms with van der Waals surface area (Å²) >= 11 is 13.1. The molecule has 3 rings (SSSR count). The molecule has 0 radical (unpaired) electrons. The fourth-order valence-electron chi connectivity index (χ4n) is 2.35. The fourth-order valence-corrected chi connectivity index (χ4v) is 3.81. The van der Waals surface area contributed by atoms with Crippen LogP contribution in [0.2, 0.25) is 8.67 Å². The molecule has 0 spiro atoms. The van der Waals surface area contributed by atoms with Gasteiger partial charge in [-0.1, -0.05) is 23.2 Å². The monoisotopic (exact) mass is 421 g/mol. The Balaban J connectivity index is 1.68. The van der Waals surface area contributed by atoms with Crippen molar-refractivity contribution in [2.24, 2.45) is 0 Å². The first-order valence-corrected chi connectivity index (χ1v) is 9.74. The van der Waals surface area contributed by atoms with Crippen LogP contribution >= 0.6 is 34.5 Å². The third-order valence-corrected chi connectivity index (χ3v) is 4.99. The Bertz CT molecular complexity index is 959. The van der Waals surface area contributed by atoms with E-state index >= 15 is 0 Å². The second-order valence-electron chi connectivity index (χ2n) is 5.64. The van der Waals surface area contributed by atoms with E-state index in [1.807, 2.05) is 32.0 Å². The van der Waals surface area contributed by atoms with Gasteiger partial charge in [0.15, 0.2) is 0 Å². The number of anilines is 4. The Labute approximate surface area is 171 Å². The summed E-state index contributed by atoms with van der Waals surface area (Å²) in [6.45, 7) is 4.65. The molecule has 140 valence electrons. The Hall–Kier alpha value is -2.35. The molecule has 2 aromatic heterocycles. The van der Waals surface area contributed by atoms with Crippen LogP contribution in [-0.4, -0.2) is 22.4 Å². The molecular formula is C18H17Cl2N5OS. The Morgan fingerprint density at radius 2 is 1.81 bits per heavy atom. The van der Waals surface area contributed by atoms with E-state index in [-0.39, 0.29) is 5.91 Å². The van der Waals surface area contributed by atoms with Crippen LogP contribution in [0.4, 0.5) is 23.1 Å². The summed E-state index contributed by atoms with van der Waals surface area (Å²) in [6, 6.07) is 10.7. The molecule has 27 heavy (non-hydrogen) atoms. The zero-order valence-electron chi connectivity index (χ0n) is 14.6. The van der Waals surface area contributed by atoms with Crippen molar-refractivity contribution in [2.75, 3.05) is 22.5 Å². The van der Waals surface area contributed by atoms with Crippen LogP contribution < -0.4 is 16.0 Å². The highest BCUT2D eigenvalue weighted by atomic mass is 35.5. The average molecular weight is 422 g/mol. The van der Waals surface area contributed by atoms with Crippen LogP contribution in [0.15, 0.2) is 36.4 Å². The zero-order valence-corrected chi connectivity index (χ0v) is 17.0. The van der Waals surface area contributed by atoms with Crippen molar-refractivity contribution in [3.63, 3.8) is 0 Å². The molecule has 0 aliphatic carbocycles. The largest absolute Gasteiger partial charge is 0.354 e. The molecule has 0 unspecified atom stereocenters. The third kappa shape index (κ3) is 5.09. The van der Waals surface area contributed by atoms with Gasteiger partial charge in [0.25, 0.3) is 5.91 Å². The topological polar surface area (TPSA) is 78.9 Å². The number of carbonyl (C=O) groups is 1. The zero-order chi connectivity index (χ0) is 19.4. The number of rotatable bonds is 6. The molecule has 1 amide bonds. The van der Waals surface area contributed by atoms with Gasteiger partial charge < -0.3 is 16.0 Å². The Morgan fingerprint density at radius 1 is 1.11 bits per heavy atom. The number of nitrogens with one attached hydrogen (secondary N) is 3. The Morgan fingerprint density at radius 3 is 2.44 bits per heavy atom. The van der Waals surface area contributed by atoms with Gasteiger partial charge in [0.05, 0.1) is 9.90 Å². The molecule has 0 fully saturated rings. The van der Waals surface area contributed by atoms with Crippen LogP contribution in [0.5, 0.6) is 0 Å². The average Bonchev–Trinajstić information content (AvgIpc) is 2.95. The lowest BCUT2D eigenvalue weighted by Crippen LogP contribution is -2.11. The lowest BCUT2D eigenvalue weighted by Gasteiger charge is -2.10. The molecule has 0 bridgehead atoms. The van der Waals surface area contributed by atoms with Gasteiger partial charge in [0.1, 0.15) is 10.2 Å². The van der Waals surface area contributed by atoms with Crippen molar-refractivity contribution in [2.45, 2.75) is 13.8 Å². The second-order valence-corrected chi connectivity index (χ2v) is 7.93. The lowest BCUT2D eigenvalue weighted by atomic mass is 10.2. The highest BCUT2D eigenvalue weighted by Crippen LogP contribution is 2.31. The minimum absolute atomic E-state index is 0.300. The van der Waals surface area contributed by atoms with Gasteiger partial charge in [-0.05, 0) is 44.2 Å². The normalized spacial score (nSPS) is 10.5. The highest BCUT2D eigenvalue weighted by molar-refractivity contribution is 7.20. The quantitative estimate of drug-likeness (QED) is 0.483. The second kappa shape index (κ2) is 8.56. The van der Waals surface area contributed by atoms with Crippen LogP contribution in [0.1, 0.15) is 23.0 Å². The summed E-state index contributed by atoms with van der Waals surface area (Å²) in [7, 11) is 0. The molecule has 6 nitrogen and oxygen atoms in total. The van der Waals surface area contributed by atoms with Gasteiger partial charge in [0, 0.05) is 29.7 Å². The predicted molar refractivity (Wildman–Crippen MR) is 113 cm³/mol. The number of amides is 1.